The van der Waals surface area contributed by atoms with Gasteiger partial charge in [-0.1, -0.05) is 30.8 Å². The highest BCUT2D eigenvalue weighted by Gasteiger charge is 2.12. The molecule has 23 heavy (non-hydrogen) atoms. The summed E-state index contributed by atoms with van der Waals surface area (Å²) in [7, 11) is 0. The zero-order valence-electron chi connectivity index (χ0n) is 13.1. The number of H-pyrrole nitrogens is 1. The van der Waals surface area contributed by atoms with Gasteiger partial charge in [0.15, 0.2) is 5.16 Å². The van der Waals surface area contributed by atoms with Crippen molar-refractivity contribution in [2.75, 3.05) is 17.7 Å². The predicted molar refractivity (Wildman–Crippen MR) is 89.7 cm³/mol. The summed E-state index contributed by atoms with van der Waals surface area (Å²) in [6.45, 7) is 4.12. The minimum Gasteiger partial charge on any atom is -0.461 e. The summed E-state index contributed by atoms with van der Waals surface area (Å²) in [5.74, 6) is -0.383. The number of amides is 1. The van der Waals surface area contributed by atoms with Gasteiger partial charge in [-0.05, 0) is 31.0 Å². The first-order chi connectivity index (χ1) is 11.1. The van der Waals surface area contributed by atoms with Gasteiger partial charge in [-0.25, -0.2) is 9.78 Å². The van der Waals surface area contributed by atoms with Crippen molar-refractivity contribution in [3.05, 3.63) is 41.7 Å². The Morgan fingerprint density at radius 2 is 2.00 bits per heavy atom. The van der Waals surface area contributed by atoms with Crippen LogP contribution in [0.5, 0.6) is 0 Å². The highest BCUT2D eigenvalue weighted by atomic mass is 32.2. The Morgan fingerprint density at radius 3 is 2.65 bits per heavy atom. The van der Waals surface area contributed by atoms with Gasteiger partial charge >= 0.3 is 5.97 Å². The first-order valence-electron chi connectivity index (χ1n) is 7.36. The lowest BCUT2D eigenvalue weighted by Gasteiger charge is -2.05. The average molecular weight is 333 g/mol. The van der Waals surface area contributed by atoms with Crippen molar-refractivity contribution in [3.8, 4) is 0 Å². The number of hydrogen-bond donors (Lipinski definition) is 2. The standard InChI is InChI=1S/C16H19N3O3S/c1-3-11-5-7-12(8-6-11)18-14(20)10-23-16-17-9-13(19-16)15(21)22-4-2/h5-9H,3-4,10H2,1-2H3,(H,17,19)(H,18,20). The fraction of sp³-hybridized carbons (Fsp3) is 0.312. The number of thioether (sulfide) groups is 1. The third-order valence-electron chi connectivity index (χ3n) is 3.03. The molecular weight excluding hydrogens is 314 g/mol. The molecule has 2 aromatic rings. The minimum absolute atomic E-state index is 0.131. The number of hydrogen-bond acceptors (Lipinski definition) is 5. The van der Waals surface area contributed by atoms with Crippen LogP contribution in [0.4, 0.5) is 5.69 Å². The van der Waals surface area contributed by atoms with E-state index in [0.717, 1.165) is 12.1 Å². The summed E-state index contributed by atoms with van der Waals surface area (Å²) in [6.07, 6.45) is 2.37. The fourth-order valence-electron chi connectivity index (χ4n) is 1.84. The lowest BCUT2D eigenvalue weighted by molar-refractivity contribution is -0.113. The number of benzene rings is 1. The topological polar surface area (TPSA) is 84.1 Å². The van der Waals surface area contributed by atoms with Crippen LogP contribution in [-0.2, 0) is 16.0 Å². The van der Waals surface area contributed by atoms with E-state index in [0.29, 0.717) is 11.8 Å². The highest BCUT2D eigenvalue weighted by Crippen LogP contribution is 2.15. The summed E-state index contributed by atoms with van der Waals surface area (Å²) in [5, 5.41) is 3.32. The van der Waals surface area contributed by atoms with Crippen molar-refractivity contribution in [2.24, 2.45) is 0 Å². The molecule has 0 radical (unpaired) electrons. The number of aromatic nitrogens is 2. The van der Waals surface area contributed by atoms with E-state index in [2.05, 4.69) is 22.2 Å². The molecule has 6 nitrogen and oxygen atoms in total. The van der Waals surface area contributed by atoms with Gasteiger partial charge in [-0.15, -0.1) is 0 Å². The van der Waals surface area contributed by atoms with Gasteiger partial charge in [-0.2, -0.15) is 0 Å². The zero-order valence-corrected chi connectivity index (χ0v) is 13.9. The number of rotatable bonds is 7. The lowest BCUT2D eigenvalue weighted by Crippen LogP contribution is -2.14. The second-order valence-corrected chi connectivity index (χ2v) is 5.67. The van der Waals surface area contributed by atoms with E-state index in [4.69, 9.17) is 4.74 Å². The van der Waals surface area contributed by atoms with E-state index in [1.54, 1.807) is 6.92 Å². The number of carbonyl (C=O) groups excluding carboxylic acids is 2. The van der Waals surface area contributed by atoms with Gasteiger partial charge in [0.25, 0.3) is 0 Å². The molecule has 0 aliphatic carbocycles. The Morgan fingerprint density at radius 1 is 1.26 bits per heavy atom. The van der Waals surface area contributed by atoms with Crippen LogP contribution in [0.1, 0.15) is 29.9 Å². The third-order valence-corrected chi connectivity index (χ3v) is 3.92. The Kier molecular flexibility index (Phi) is 6.22. The predicted octanol–water partition coefficient (Wildman–Crippen LogP) is 2.88. The molecule has 1 amide bonds. The molecule has 0 fully saturated rings. The van der Waals surface area contributed by atoms with Crippen molar-refractivity contribution in [1.82, 2.24) is 9.97 Å². The molecular formula is C16H19N3O3S. The fourth-order valence-corrected chi connectivity index (χ4v) is 2.49. The molecule has 1 aromatic carbocycles. The van der Waals surface area contributed by atoms with Crippen molar-refractivity contribution in [2.45, 2.75) is 25.4 Å². The Hall–Kier alpha value is -2.28. The summed E-state index contributed by atoms with van der Waals surface area (Å²) in [6, 6.07) is 7.74. The molecule has 2 rings (SSSR count). The van der Waals surface area contributed by atoms with Crippen LogP contribution in [0.15, 0.2) is 35.6 Å². The molecule has 0 aliphatic rings. The molecule has 7 heteroatoms. The number of aryl methyl sites for hydroxylation is 1. The molecule has 1 aromatic heterocycles. The summed E-state index contributed by atoms with van der Waals surface area (Å²) >= 11 is 1.23. The molecule has 0 spiro atoms. The van der Waals surface area contributed by atoms with Crippen molar-refractivity contribution < 1.29 is 14.3 Å². The van der Waals surface area contributed by atoms with Crippen LogP contribution in [0.3, 0.4) is 0 Å². The molecule has 0 unspecified atom stereocenters. The van der Waals surface area contributed by atoms with Gasteiger partial charge in [0.2, 0.25) is 5.91 Å². The Labute approximate surface area is 139 Å². The number of esters is 1. The van der Waals surface area contributed by atoms with E-state index in [-0.39, 0.29) is 17.4 Å². The molecule has 0 saturated heterocycles. The molecule has 122 valence electrons. The van der Waals surface area contributed by atoms with Gasteiger partial charge in [-0.3, -0.25) is 4.79 Å². The van der Waals surface area contributed by atoms with Crippen molar-refractivity contribution in [3.63, 3.8) is 0 Å². The van der Waals surface area contributed by atoms with Crippen molar-refractivity contribution in [1.29, 1.82) is 0 Å². The number of carbonyl (C=O) groups is 2. The van der Waals surface area contributed by atoms with Gasteiger partial charge in [0.1, 0.15) is 5.69 Å². The average Bonchev–Trinajstić information content (AvgIpc) is 3.03. The van der Waals surface area contributed by atoms with E-state index in [1.807, 2.05) is 24.3 Å². The first-order valence-corrected chi connectivity index (χ1v) is 8.34. The van der Waals surface area contributed by atoms with Crippen LogP contribution in [0.2, 0.25) is 0 Å². The summed E-state index contributed by atoms with van der Waals surface area (Å²) in [4.78, 5) is 30.3. The van der Waals surface area contributed by atoms with Crippen LogP contribution in [0.25, 0.3) is 0 Å². The number of ether oxygens (including phenoxy) is 1. The molecule has 2 N–H and O–H groups in total. The normalized spacial score (nSPS) is 10.3. The maximum Gasteiger partial charge on any atom is 0.356 e. The van der Waals surface area contributed by atoms with Gasteiger partial charge in [0, 0.05) is 5.69 Å². The maximum absolute atomic E-state index is 11.9. The quantitative estimate of drug-likeness (QED) is 0.601. The zero-order chi connectivity index (χ0) is 16.7. The number of nitrogens with one attached hydrogen (secondary N) is 2. The lowest BCUT2D eigenvalue weighted by atomic mass is 10.1. The van der Waals surface area contributed by atoms with Crippen LogP contribution >= 0.6 is 11.8 Å². The molecule has 0 atom stereocenters. The molecule has 0 saturated carbocycles. The van der Waals surface area contributed by atoms with Crippen LogP contribution in [-0.4, -0.2) is 34.2 Å². The second kappa shape index (κ2) is 8.38. The third kappa shape index (κ3) is 5.14. The number of imidazole rings is 1. The largest absolute Gasteiger partial charge is 0.461 e. The van der Waals surface area contributed by atoms with E-state index in [1.165, 1.54) is 23.5 Å². The minimum atomic E-state index is -0.452. The maximum atomic E-state index is 11.9. The van der Waals surface area contributed by atoms with Crippen molar-refractivity contribution >= 4 is 29.3 Å². The number of anilines is 1. The summed E-state index contributed by atoms with van der Waals surface area (Å²) in [5.41, 5.74) is 2.27. The van der Waals surface area contributed by atoms with Crippen LogP contribution < -0.4 is 5.32 Å². The Balaban J connectivity index is 1.83. The van der Waals surface area contributed by atoms with Crippen LogP contribution in [0, 0.1) is 0 Å². The molecule has 0 bridgehead atoms. The monoisotopic (exact) mass is 333 g/mol. The van der Waals surface area contributed by atoms with E-state index < -0.39 is 5.97 Å². The SMILES string of the molecule is CCOC(=O)c1cnc(SCC(=O)Nc2ccc(CC)cc2)[nH]1. The van der Waals surface area contributed by atoms with Gasteiger partial charge < -0.3 is 15.0 Å². The van der Waals surface area contributed by atoms with E-state index >= 15 is 0 Å². The molecule has 0 aliphatic heterocycles. The van der Waals surface area contributed by atoms with Gasteiger partial charge in [0.05, 0.1) is 18.6 Å². The smallest absolute Gasteiger partial charge is 0.356 e. The highest BCUT2D eigenvalue weighted by molar-refractivity contribution is 7.99. The number of nitrogens with zero attached hydrogens (tertiary/aromatic N) is 1. The Bertz CT molecular complexity index is 667. The molecule has 1 heterocycles. The number of aromatic amines is 1. The first kappa shape index (κ1) is 17.1. The second-order valence-electron chi connectivity index (χ2n) is 4.71. The van der Waals surface area contributed by atoms with E-state index in [9.17, 15) is 9.59 Å². The summed E-state index contributed by atoms with van der Waals surface area (Å²) < 4.78 is 4.87.